The van der Waals surface area contributed by atoms with Crippen LogP contribution in [0.2, 0.25) is 5.15 Å². The van der Waals surface area contributed by atoms with E-state index < -0.39 is 18.8 Å². The molecular formula is C10H12ClF3N2O. The van der Waals surface area contributed by atoms with Crippen molar-refractivity contribution in [2.75, 3.05) is 13.6 Å². The number of aromatic nitrogens is 1. The Labute approximate surface area is 102 Å². The van der Waals surface area contributed by atoms with Crippen LogP contribution in [-0.4, -0.2) is 40.9 Å². The van der Waals surface area contributed by atoms with Crippen LogP contribution in [0.5, 0.6) is 0 Å². The SMILES string of the molecule is CN(Cc1ccnc(Cl)c1)CC(O)C(F)(F)F. The molecule has 1 atom stereocenters. The molecule has 1 aromatic heterocycles. The van der Waals surface area contributed by atoms with Crippen molar-refractivity contribution in [3.05, 3.63) is 29.0 Å². The number of alkyl halides is 3. The maximum atomic E-state index is 12.1. The molecule has 7 heteroatoms. The molecular weight excluding hydrogens is 257 g/mol. The second-order valence-electron chi connectivity index (χ2n) is 3.74. The average Bonchev–Trinajstić information content (AvgIpc) is 2.15. The van der Waals surface area contributed by atoms with Crippen molar-refractivity contribution in [3.8, 4) is 0 Å². The molecule has 0 saturated carbocycles. The number of likely N-dealkylation sites (N-methyl/N-ethyl adjacent to an activating group) is 1. The first-order valence-electron chi connectivity index (χ1n) is 4.83. The lowest BCUT2D eigenvalue weighted by atomic mass is 10.2. The zero-order chi connectivity index (χ0) is 13.1. The Bertz CT molecular complexity index is 373. The summed E-state index contributed by atoms with van der Waals surface area (Å²) >= 11 is 5.65. The molecule has 0 bridgehead atoms. The predicted octanol–water partition coefficient (Wildman–Crippen LogP) is 2.09. The topological polar surface area (TPSA) is 36.4 Å². The van der Waals surface area contributed by atoms with Gasteiger partial charge in [0.15, 0.2) is 6.10 Å². The lowest BCUT2D eigenvalue weighted by Crippen LogP contribution is -2.39. The molecule has 0 spiro atoms. The van der Waals surface area contributed by atoms with Gasteiger partial charge in [-0.3, -0.25) is 4.90 Å². The van der Waals surface area contributed by atoms with E-state index in [1.807, 2.05) is 0 Å². The number of aliphatic hydroxyl groups excluding tert-OH is 1. The molecule has 1 unspecified atom stereocenters. The van der Waals surface area contributed by atoms with Crippen LogP contribution in [0.25, 0.3) is 0 Å². The van der Waals surface area contributed by atoms with Crippen LogP contribution in [0.4, 0.5) is 13.2 Å². The minimum Gasteiger partial charge on any atom is -0.382 e. The third-order valence-corrected chi connectivity index (χ3v) is 2.31. The quantitative estimate of drug-likeness (QED) is 0.850. The molecule has 0 aliphatic rings. The van der Waals surface area contributed by atoms with E-state index >= 15 is 0 Å². The highest BCUT2D eigenvalue weighted by atomic mass is 35.5. The number of halogens is 4. The lowest BCUT2D eigenvalue weighted by Gasteiger charge is -2.22. The third-order valence-electron chi connectivity index (χ3n) is 2.11. The fourth-order valence-corrected chi connectivity index (χ4v) is 1.51. The summed E-state index contributed by atoms with van der Waals surface area (Å²) < 4.78 is 36.3. The summed E-state index contributed by atoms with van der Waals surface area (Å²) in [5, 5.41) is 9.17. The van der Waals surface area contributed by atoms with Crippen molar-refractivity contribution >= 4 is 11.6 Å². The molecule has 0 aromatic carbocycles. The molecule has 1 aromatic rings. The molecule has 3 nitrogen and oxygen atoms in total. The second-order valence-corrected chi connectivity index (χ2v) is 4.13. The number of rotatable bonds is 4. The molecule has 0 aliphatic heterocycles. The highest BCUT2D eigenvalue weighted by Gasteiger charge is 2.38. The van der Waals surface area contributed by atoms with Gasteiger partial charge in [-0.1, -0.05) is 11.6 Å². The zero-order valence-electron chi connectivity index (χ0n) is 9.08. The van der Waals surface area contributed by atoms with E-state index in [0.717, 1.165) is 5.56 Å². The van der Waals surface area contributed by atoms with Crippen LogP contribution in [0, 0.1) is 0 Å². The molecule has 0 fully saturated rings. The van der Waals surface area contributed by atoms with Crippen LogP contribution >= 0.6 is 11.6 Å². The van der Waals surface area contributed by atoms with E-state index in [9.17, 15) is 13.2 Å². The van der Waals surface area contributed by atoms with Crippen molar-refractivity contribution in [2.45, 2.75) is 18.8 Å². The third kappa shape index (κ3) is 4.89. The lowest BCUT2D eigenvalue weighted by molar-refractivity contribution is -0.207. The van der Waals surface area contributed by atoms with Crippen molar-refractivity contribution in [1.29, 1.82) is 0 Å². The van der Waals surface area contributed by atoms with Gasteiger partial charge in [0.05, 0.1) is 0 Å². The summed E-state index contributed by atoms with van der Waals surface area (Å²) in [6.07, 6.45) is -5.46. The molecule has 1 heterocycles. The largest absolute Gasteiger partial charge is 0.415 e. The van der Waals surface area contributed by atoms with Gasteiger partial charge in [-0.05, 0) is 24.7 Å². The summed E-state index contributed by atoms with van der Waals surface area (Å²) in [6, 6.07) is 3.22. The summed E-state index contributed by atoms with van der Waals surface area (Å²) in [7, 11) is 1.49. The second kappa shape index (κ2) is 5.66. The Kier molecular flexibility index (Phi) is 4.73. The maximum absolute atomic E-state index is 12.1. The van der Waals surface area contributed by atoms with Crippen LogP contribution in [-0.2, 0) is 6.54 Å². The first-order valence-corrected chi connectivity index (χ1v) is 5.20. The Balaban J connectivity index is 2.53. The van der Waals surface area contributed by atoms with Gasteiger partial charge in [0, 0.05) is 19.3 Å². The van der Waals surface area contributed by atoms with Gasteiger partial charge in [0.25, 0.3) is 0 Å². The number of aliphatic hydroxyl groups is 1. The zero-order valence-corrected chi connectivity index (χ0v) is 9.83. The Hall–Kier alpha value is -0.850. The van der Waals surface area contributed by atoms with Crippen LogP contribution in [0.3, 0.4) is 0 Å². The van der Waals surface area contributed by atoms with Crippen molar-refractivity contribution in [3.63, 3.8) is 0 Å². The molecule has 0 aliphatic carbocycles. The minimum atomic E-state index is -4.59. The highest BCUT2D eigenvalue weighted by Crippen LogP contribution is 2.21. The normalized spacial score (nSPS) is 14.1. The molecule has 0 radical (unpaired) electrons. The molecule has 17 heavy (non-hydrogen) atoms. The number of hydrogen-bond donors (Lipinski definition) is 1. The summed E-state index contributed by atoms with van der Waals surface area (Å²) in [5.41, 5.74) is 0.738. The van der Waals surface area contributed by atoms with Gasteiger partial charge in [-0.25, -0.2) is 4.98 Å². The van der Waals surface area contributed by atoms with E-state index in [0.29, 0.717) is 0 Å². The van der Waals surface area contributed by atoms with E-state index in [4.69, 9.17) is 16.7 Å². The molecule has 96 valence electrons. The van der Waals surface area contributed by atoms with Crippen LogP contribution in [0.15, 0.2) is 18.3 Å². The fraction of sp³-hybridized carbons (Fsp3) is 0.500. The predicted molar refractivity (Wildman–Crippen MR) is 57.6 cm³/mol. The van der Waals surface area contributed by atoms with Crippen molar-refractivity contribution in [1.82, 2.24) is 9.88 Å². The van der Waals surface area contributed by atoms with Gasteiger partial charge in [0.2, 0.25) is 0 Å². The van der Waals surface area contributed by atoms with Crippen LogP contribution in [0.1, 0.15) is 5.56 Å². The average molecular weight is 269 g/mol. The van der Waals surface area contributed by atoms with E-state index in [1.165, 1.54) is 18.1 Å². The fourth-order valence-electron chi connectivity index (χ4n) is 1.32. The first-order chi connectivity index (χ1) is 7.79. The summed E-state index contributed by atoms with van der Waals surface area (Å²) in [5.74, 6) is 0. The minimum absolute atomic E-state index is 0.259. The van der Waals surface area contributed by atoms with Gasteiger partial charge in [0.1, 0.15) is 5.15 Å². The van der Waals surface area contributed by atoms with Gasteiger partial charge in [-0.2, -0.15) is 13.2 Å². The number of nitrogens with zero attached hydrogens (tertiary/aromatic N) is 2. The smallest absolute Gasteiger partial charge is 0.382 e. The Morgan fingerprint density at radius 3 is 2.71 bits per heavy atom. The Morgan fingerprint density at radius 2 is 2.18 bits per heavy atom. The monoisotopic (exact) mass is 268 g/mol. The standard InChI is InChI=1S/C10H12ClF3N2O/c1-16(6-8(17)10(12,13)14)5-7-2-3-15-9(11)4-7/h2-4,8,17H,5-6H2,1H3. The molecule has 1 rings (SSSR count). The summed E-state index contributed by atoms with van der Waals surface area (Å²) in [4.78, 5) is 5.13. The summed E-state index contributed by atoms with van der Waals surface area (Å²) in [6.45, 7) is -0.223. The van der Waals surface area contributed by atoms with E-state index in [2.05, 4.69) is 4.98 Å². The van der Waals surface area contributed by atoms with Crippen molar-refractivity contribution in [2.24, 2.45) is 0 Å². The molecule has 1 N–H and O–H groups in total. The molecule has 0 amide bonds. The van der Waals surface area contributed by atoms with Crippen LogP contribution < -0.4 is 0 Å². The van der Waals surface area contributed by atoms with Gasteiger partial charge < -0.3 is 5.11 Å². The highest BCUT2D eigenvalue weighted by molar-refractivity contribution is 6.29. The molecule has 0 saturated heterocycles. The van der Waals surface area contributed by atoms with Crippen molar-refractivity contribution < 1.29 is 18.3 Å². The Morgan fingerprint density at radius 1 is 1.53 bits per heavy atom. The maximum Gasteiger partial charge on any atom is 0.415 e. The van der Waals surface area contributed by atoms with Gasteiger partial charge >= 0.3 is 6.18 Å². The number of hydrogen-bond acceptors (Lipinski definition) is 3. The first kappa shape index (κ1) is 14.2. The van der Waals surface area contributed by atoms with E-state index in [1.54, 1.807) is 12.1 Å². The van der Waals surface area contributed by atoms with Gasteiger partial charge in [-0.15, -0.1) is 0 Å². The van der Waals surface area contributed by atoms with E-state index in [-0.39, 0.29) is 11.7 Å². The number of pyridine rings is 1.